The molecule has 0 spiro atoms. The second-order valence-electron chi connectivity index (χ2n) is 5.09. The Hall–Kier alpha value is -2.39. The molecule has 0 fully saturated rings. The summed E-state index contributed by atoms with van der Waals surface area (Å²) in [6.45, 7) is 11.4. The van der Waals surface area contributed by atoms with Crippen molar-refractivity contribution < 1.29 is 19.0 Å². The number of carbonyl (C=O) groups is 1. The van der Waals surface area contributed by atoms with Crippen molar-refractivity contribution in [2.45, 2.75) is 13.8 Å². The highest BCUT2D eigenvalue weighted by molar-refractivity contribution is 7.17. The number of hydrogen-bond donors (Lipinski definition) is 1. The van der Waals surface area contributed by atoms with Crippen LogP contribution in [0.2, 0.25) is 0 Å². The molecule has 1 aromatic heterocycles. The summed E-state index contributed by atoms with van der Waals surface area (Å²) in [5.74, 6) is -1.48. The van der Waals surface area contributed by atoms with E-state index in [9.17, 15) is 9.18 Å². The normalized spacial score (nSPS) is 10.5. The lowest BCUT2D eigenvalue weighted by Gasteiger charge is -2.12. The van der Waals surface area contributed by atoms with Crippen LogP contribution in [0.25, 0.3) is 15.3 Å². The molecule has 1 N–H and O–H groups in total. The predicted octanol–water partition coefficient (Wildman–Crippen LogP) is 4.84. The lowest BCUT2D eigenvalue weighted by atomic mass is 10.1. The second-order valence-corrected chi connectivity index (χ2v) is 6.18. The van der Waals surface area contributed by atoms with Crippen molar-refractivity contribution in [2.24, 2.45) is 5.92 Å². The van der Waals surface area contributed by atoms with Crippen LogP contribution in [0.4, 0.5) is 10.1 Å². The first-order valence-corrected chi connectivity index (χ1v) is 7.41. The molecule has 0 aliphatic carbocycles. The Morgan fingerprint density at radius 3 is 2.73 bits per heavy atom. The lowest BCUT2D eigenvalue weighted by molar-refractivity contribution is 0.0702. The molecular formula is C16H14FNO3S. The minimum atomic E-state index is -1.03. The fraction of sp³-hybridized carbons (Fsp3) is 0.250. The Morgan fingerprint density at radius 1 is 1.45 bits per heavy atom. The van der Waals surface area contributed by atoms with Gasteiger partial charge in [0.25, 0.3) is 0 Å². The maximum Gasteiger partial charge on any atom is 0.345 e. The molecule has 0 bridgehead atoms. The first kappa shape index (κ1) is 16.0. The number of carboxylic acids is 1. The molecule has 114 valence electrons. The van der Waals surface area contributed by atoms with Crippen molar-refractivity contribution in [1.82, 2.24) is 0 Å². The monoisotopic (exact) mass is 319 g/mol. The summed E-state index contributed by atoms with van der Waals surface area (Å²) < 4.78 is 19.6. The quantitative estimate of drug-likeness (QED) is 0.802. The minimum absolute atomic E-state index is 0.0533. The van der Waals surface area contributed by atoms with Gasteiger partial charge >= 0.3 is 5.97 Å². The van der Waals surface area contributed by atoms with Gasteiger partial charge in [0, 0.05) is 4.88 Å². The Morgan fingerprint density at radius 2 is 2.18 bits per heavy atom. The molecule has 0 saturated carbocycles. The number of rotatable bonds is 5. The fourth-order valence-corrected chi connectivity index (χ4v) is 2.64. The lowest BCUT2D eigenvalue weighted by Crippen LogP contribution is -2.05. The fourth-order valence-electron chi connectivity index (χ4n) is 1.81. The summed E-state index contributed by atoms with van der Waals surface area (Å²) in [6, 6.07) is 5.84. The van der Waals surface area contributed by atoms with Gasteiger partial charge < -0.3 is 9.84 Å². The number of nitrogens with zero attached hydrogens (tertiary/aromatic N) is 1. The summed E-state index contributed by atoms with van der Waals surface area (Å²) in [4.78, 5) is 15.0. The van der Waals surface area contributed by atoms with Gasteiger partial charge in [-0.15, -0.1) is 11.3 Å². The molecule has 0 unspecified atom stereocenters. The van der Waals surface area contributed by atoms with E-state index in [0.717, 1.165) is 11.3 Å². The van der Waals surface area contributed by atoms with Crippen molar-refractivity contribution >= 4 is 23.0 Å². The van der Waals surface area contributed by atoms with Crippen LogP contribution < -0.4 is 4.74 Å². The van der Waals surface area contributed by atoms with Gasteiger partial charge in [0.15, 0.2) is 11.6 Å². The average molecular weight is 319 g/mol. The first-order chi connectivity index (χ1) is 10.4. The largest absolute Gasteiger partial charge is 0.501 e. The number of hydrogen-bond acceptors (Lipinski definition) is 3. The van der Waals surface area contributed by atoms with Crippen molar-refractivity contribution in [3.63, 3.8) is 0 Å². The number of thiophene rings is 1. The molecule has 0 aliphatic rings. The maximum absolute atomic E-state index is 14.2. The molecule has 0 aliphatic heterocycles. The van der Waals surface area contributed by atoms with E-state index in [-0.39, 0.29) is 22.2 Å². The topological polar surface area (TPSA) is 50.9 Å². The number of ether oxygens (including phenoxy) is 1. The van der Waals surface area contributed by atoms with E-state index in [1.54, 1.807) is 6.07 Å². The molecule has 4 nitrogen and oxygen atoms in total. The highest BCUT2D eigenvalue weighted by Gasteiger charge is 2.16. The molecule has 1 heterocycles. The Labute approximate surface area is 131 Å². The molecule has 2 rings (SSSR count). The van der Waals surface area contributed by atoms with Crippen LogP contribution in [0.1, 0.15) is 23.5 Å². The molecular weight excluding hydrogens is 305 g/mol. The zero-order chi connectivity index (χ0) is 16.3. The SMILES string of the molecule is [C-]#[N+]c1cc(-c2ccc(C(=O)O)s2)cc(F)c1OCC(C)C. The van der Waals surface area contributed by atoms with E-state index >= 15 is 0 Å². The van der Waals surface area contributed by atoms with Crippen molar-refractivity contribution in [3.05, 3.63) is 46.4 Å². The first-order valence-electron chi connectivity index (χ1n) is 6.59. The van der Waals surface area contributed by atoms with Gasteiger partial charge in [-0.2, -0.15) is 0 Å². The molecule has 6 heteroatoms. The highest BCUT2D eigenvalue weighted by atomic mass is 32.1. The van der Waals surface area contributed by atoms with Crippen LogP contribution >= 0.6 is 11.3 Å². The van der Waals surface area contributed by atoms with Gasteiger partial charge in [-0.3, -0.25) is 0 Å². The van der Waals surface area contributed by atoms with E-state index in [1.165, 1.54) is 18.2 Å². The van der Waals surface area contributed by atoms with E-state index < -0.39 is 11.8 Å². The van der Waals surface area contributed by atoms with Crippen molar-refractivity contribution in [1.29, 1.82) is 0 Å². The Kier molecular flexibility index (Phi) is 4.78. The number of benzene rings is 1. The summed E-state index contributed by atoms with van der Waals surface area (Å²) in [5.41, 5.74) is 0.554. The summed E-state index contributed by atoms with van der Waals surface area (Å²) >= 11 is 1.04. The van der Waals surface area contributed by atoms with E-state index in [1.807, 2.05) is 13.8 Å². The van der Waals surface area contributed by atoms with Crippen LogP contribution in [-0.4, -0.2) is 17.7 Å². The van der Waals surface area contributed by atoms with Gasteiger partial charge in [0.2, 0.25) is 5.69 Å². The molecule has 1 aromatic carbocycles. The van der Waals surface area contributed by atoms with Crippen LogP contribution in [0.3, 0.4) is 0 Å². The van der Waals surface area contributed by atoms with Crippen LogP contribution in [0.15, 0.2) is 24.3 Å². The smallest absolute Gasteiger partial charge is 0.345 e. The molecule has 0 atom stereocenters. The number of carboxylic acid groups (broad SMARTS) is 1. The van der Waals surface area contributed by atoms with E-state index in [0.29, 0.717) is 17.0 Å². The molecule has 0 saturated heterocycles. The van der Waals surface area contributed by atoms with Crippen LogP contribution in [-0.2, 0) is 0 Å². The highest BCUT2D eigenvalue weighted by Crippen LogP contribution is 2.38. The predicted molar refractivity (Wildman–Crippen MR) is 83.3 cm³/mol. The zero-order valence-electron chi connectivity index (χ0n) is 12.1. The third-order valence-corrected chi connectivity index (χ3v) is 3.93. The maximum atomic E-state index is 14.2. The molecule has 0 radical (unpaired) electrons. The number of halogens is 1. The van der Waals surface area contributed by atoms with Crippen LogP contribution in [0.5, 0.6) is 5.75 Å². The molecule has 22 heavy (non-hydrogen) atoms. The summed E-state index contributed by atoms with van der Waals surface area (Å²) in [7, 11) is 0. The van der Waals surface area contributed by atoms with Gasteiger partial charge in [0.1, 0.15) is 4.88 Å². The molecule has 0 amide bonds. The van der Waals surface area contributed by atoms with Crippen LogP contribution in [0, 0.1) is 18.3 Å². The summed E-state index contributed by atoms with van der Waals surface area (Å²) in [6.07, 6.45) is 0. The standard InChI is InChI=1S/C16H14FNO3S/c1-9(2)8-21-15-11(17)6-10(7-12(15)18-3)13-4-5-14(22-13)16(19)20/h4-7,9H,8H2,1-2H3,(H,19,20). The zero-order valence-corrected chi connectivity index (χ0v) is 12.9. The van der Waals surface area contributed by atoms with Gasteiger partial charge in [-0.25, -0.2) is 14.0 Å². The minimum Gasteiger partial charge on any atom is -0.501 e. The third kappa shape index (κ3) is 3.43. The summed E-state index contributed by atoms with van der Waals surface area (Å²) in [5, 5.41) is 8.93. The van der Waals surface area contributed by atoms with Crippen molar-refractivity contribution in [2.75, 3.05) is 6.61 Å². The Balaban J connectivity index is 2.40. The molecule has 2 aromatic rings. The second kappa shape index (κ2) is 6.58. The van der Waals surface area contributed by atoms with Gasteiger partial charge in [0.05, 0.1) is 13.2 Å². The van der Waals surface area contributed by atoms with E-state index in [4.69, 9.17) is 16.4 Å². The van der Waals surface area contributed by atoms with Gasteiger partial charge in [-0.05, 0) is 35.7 Å². The number of aromatic carboxylic acids is 1. The average Bonchev–Trinajstić information content (AvgIpc) is 2.95. The van der Waals surface area contributed by atoms with Gasteiger partial charge in [-0.1, -0.05) is 13.8 Å². The Bertz CT molecular complexity index is 746. The third-order valence-electron chi connectivity index (χ3n) is 2.81. The van der Waals surface area contributed by atoms with E-state index in [2.05, 4.69) is 4.85 Å². The van der Waals surface area contributed by atoms with Crippen molar-refractivity contribution in [3.8, 4) is 16.2 Å².